The molecule has 0 radical (unpaired) electrons. The van der Waals surface area contributed by atoms with E-state index < -0.39 is 0 Å². The molecule has 1 atom stereocenters. The third-order valence-electron chi connectivity index (χ3n) is 2.15. The zero-order valence-electron chi connectivity index (χ0n) is 7.96. The van der Waals surface area contributed by atoms with Crippen molar-refractivity contribution in [1.29, 1.82) is 0 Å². The van der Waals surface area contributed by atoms with E-state index in [0.29, 0.717) is 12.6 Å². The summed E-state index contributed by atoms with van der Waals surface area (Å²) in [6.45, 7) is 3.86. The molecule has 1 heterocycles. The lowest BCUT2D eigenvalue weighted by molar-refractivity contribution is 0.272. The average Bonchev–Trinajstić information content (AvgIpc) is 2.51. The van der Waals surface area contributed by atoms with E-state index in [1.807, 2.05) is 0 Å². The van der Waals surface area contributed by atoms with E-state index in [1.165, 1.54) is 8.66 Å². The van der Waals surface area contributed by atoms with Gasteiger partial charge in [0.1, 0.15) is 0 Å². The number of hydrogen-bond acceptors (Lipinski definition) is 3. The first-order chi connectivity index (χ1) is 6.15. The second-order valence-electron chi connectivity index (χ2n) is 3.09. The van der Waals surface area contributed by atoms with E-state index in [4.69, 9.17) is 5.73 Å². The Bertz CT molecular complexity index is 262. The smallest absolute Gasteiger partial charge is 0.0701 e. The third-order valence-corrected chi connectivity index (χ3v) is 3.94. The molecule has 0 fully saturated rings. The quantitative estimate of drug-likeness (QED) is 0.904. The van der Waals surface area contributed by atoms with Crippen molar-refractivity contribution in [1.82, 2.24) is 4.90 Å². The molecule has 1 rings (SSSR count). The van der Waals surface area contributed by atoms with Crippen LogP contribution in [0.1, 0.15) is 17.8 Å². The average molecular weight is 263 g/mol. The maximum Gasteiger partial charge on any atom is 0.0701 e. The van der Waals surface area contributed by atoms with E-state index in [9.17, 15) is 0 Å². The molecule has 0 aromatic carbocycles. The van der Waals surface area contributed by atoms with Crippen LogP contribution < -0.4 is 5.73 Å². The Balaban J connectivity index is 2.61. The van der Waals surface area contributed by atoms with Crippen LogP contribution in [-0.4, -0.2) is 25.0 Å². The maximum atomic E-state index is 5.50. The van der Waals surface area contributed by atoms with Crippen LogP contribution in [0.25, 0.3) is 0 Å². The molecule has 1 aromatic heterocycles. The summed E-state index contributed by atoms with van der Waals surface area (Å²) in [7, 11) is 2.10. The Hall–Kier alpha value is 0.1000. The van der Waals surface area contributed by atoms with Gasteiger partial charge in [-0.15, -0.1) is 11.3 Å². The molecule has 4 heteroatoms. The second kappa shape index (κ2) is 5.10. The molecular weight excluding hydrogens is 248 g/mol. The van der Waals surface area contributed by atoms with E-state index in [2.05, 4.69) is 46.9 Å². The summed E-state index contributed by atoms with van der Waals surface area (Å²) in [5.41, 5.74) is 5.50. The third kappa shape index (κ3) is 3.06. The number of rotatable bonds is 4. The van der Waals surface area contributed by atoms with Gasteiger partial charge < -0.3 is 5.73 Å². The van der Waals surface area contributed by atoms with Crippen molar-refractivity contribution in [2.75, 3.05) is 20.1 Å². The summed E-state index contributed by atoms with van der Waals surface area (Å²) in [5, 5.41) is 0. The summed E-state index contributed by atoms with van der Waals surface area (Å²) < 4.78 is 1.19. The number of hydrogen-bond donors (Lipinski definition) is 1. The molecule has 1 aromatic rings. The predicted octanol–water partition coefficient (Wildman–Crippen LogP) is 2.46. The van der Waals surface area contributed by atoms with Gasteiger partial charge in [0.25, 0.3) is 0 Å². The molecule has 0 saturated carbocycles. The van der Waals surface area contributed by atoms with E-state index in [0.717, 1.165) is 6.54 Å². The second-order valence-corrected chi connectivity index (χ2v) is 5.58. The van der Waals surface area contributed by atoms with Gasteiger partial charge in [-0.25, -0.2) is 0 Å². The minimum Gasteiger partial charge on any atom is -0.329 e. The van der Waals surface area contributed by atoms with Crippen molar-refractivity contribution >= 4 is 27.3 Å². The van der Waals surface area contributed by atoms with Crippen molar-refractivity contribution in [2.24, 2.45) is 5.73 Å². The summed E-state index contributed by atoms with van der Waals surface area (Å²) in [5.74, 6) is 0. The van der Waals surface area contributed by atoms with Gasteiger partial charge in [-0.3, -0.25) is 4.90 Å². The molecule has 2 nitrogen and oxygen atoms in total. The van der Waals surface area contributed by atoms with E-state index in [1.54, 1.807) is 11.3 Å². The fourth-order valence-corrected chi connectivity index (χ4v) is 2.71. The summed E-state index contributed by atoms with van der Waals surface area (Å²) in [6, 6.07) is 4.71. The van der Waals surface area contributed by atoms with Gasteiger partial charge in [0.15, 0.2) is 0 Å². The van der Waals surface area contributed by atoms with Crippen LogP contribution in [0.4, 0.5) is 0 Å². The molecule has 0 spiro atoms. The van der Waals surface area contributed by atoms with Crippen LogP contribution in [0.2, 0.25) is 0 Å². The lowest BCUT2D eigenvalue weighted by atomic mass is 10.2. The maximum absolute atomic E-state index is 5.50. The van der Waals surface area contributed by atoms with Crippen LogP contribution in [0.15, 0.2) is 15.9 Å². The SMILES string of the molecule is CC(c1ccc(Br)s1)N(C)CCN. The van der Waals surface area contributed by atoms with Crippen molar-refractivity contribution in [3.63, 3.8) is 0 Å². The first-order valence-electron chi connectivity index (χ1n) is 4.30. The highest BCUT2D eigenvalue weighted by Crippen LogP contribution is 2.29. The Kier molecular flexibility index (Phi) is 4.38. The number of thiophene rings is 1. The van der Waals surface area contributed by atoms with Gasteiger partial charge in [-0.1, -0.05) is 0 Å². The van der Waals surface area contributed by atoms with Gasteiger partial charge in [0, 0.05) is 24.0 Å². The molecule has 74 valence electrons. The molecule has 2 N–H and O–H groups in total. The molecule has 1 unspecified atom stereocenters. The zero-order valence-corrected chi connectivity index (χ0v) is 10.4. The van der Waals surface area contributed by atoms with Crippen molar-refractivity contribution in [3.8, 4) is 0 Å². The molecule has 0 aliphatic carbocycles. The summed E-state index contributed by atoms with van der Waals surface area (Å²) >= 11 is 5.25. The number of halogens is 1. The largest absolute Gasteiger partial charge is 0.329 e. The van der Waals surface area contributed by atoms with Crippen LogP contribution in [0.5, 0.6) is 0 Å². The van der Waals surface area contributed by atoms with Crippen LogP contribution >= 0.6 is 27.3 Å². The lowest BCUT2D eigenvalue weighted by Gasteiger charge is -2.22. The highest BCUT2D eigenvalue weighted by molar-refractivity contribution is 9.11. The van der Waals surface area contributed by atoms with Gasteiger partial charge in [-0.05, 0) is 42.0 Å². The van der Waals surface area contributed by atoms with Crippen LogP contribution in [-0.2, 0) is 0 Å². The molecule has 0 amide bonds. The molecule has 0 saturated heterocycles. The Morgan fingerprint density at radius 2 is 2.31 bits per heavy atom. The van der Waals surface area contributed by atoms with Crippen LogP contribution in [0.3, 0.4) is 0 Å². The highest BCUT2D eigenvalue weighted by Gasteiger charge is 2.12. The number of likely N-dealkylation sites (N-methyl/N-ethyl adjacent to an activating group) is 1. The van der Waals surface area contributed by atoms with E-state index >= 15 is 0 Å². The Morgan fingerprint density at radius 1 is 1.62 bits per heavy atom. The first kappa shape index (κ1) is 11.2. The monoisotopic (exact) mass is 262 g/mol. The molecule has 13 heavy (non-hydrogen) atoms. The number of nitrogens with two attached hydrogens (primary N) is 1. The van der Waals surface area contributed by atoms with Gasteiger partial charge in [0.05, 0.1) is 3.79 Å². The van der Waals surface area contributed by atoms with Crippen molar-refractivity contribution in [2.45, 2.75) is 13.0 Å². The topological polar surface area (TPSA) is 29.3 Å². The Labute approximate surface area is 91.9 Å². The molecule has 0 aliphatic rings. The fourth-order valence-electron chi connectivity index (χ4n) is 1.17. The summed E-state index contributed by atoms with van der Waals surface area (Å²) in [6.07, 6.45) is 0. The normalized spacial score (nSPS) is 13.6. The van der Waals surface area contributed by atoms with Gasteiger partial charge in [-0.2, -0.15) is 0 Å². The summed E-state index contributed by atoms with van der Waals surface area (Å²) in [4.78, 5) is 3.64. The molecule has 0 aliphatic heterocycles. The van der Waals surface area contributed by atoms with Crippen LogP contribution in [0, 0.1) is 0 Å². The van der Waals surface area contributed by atoms with Gasteiger partial charge in [0.2, 0.25) is 0 Å². The minimum absolute atomic E-state index is 0.458. The van der Waals surface area contributed by atoms with Gasteiger partial charge >= 0.3 is 0 Å². The van der Waals surface area contributed by atoms with E-state index in [-0.39, 0.29) is 0 Å². The lowest BCUT2D eigenvalue weighted by Crippen LogP contribution is -2.27. The van der Waals surface area contributed by atoms with Crippen molar-refractivity contribution in [3.05, 3.63) is 20.8 Å². The predicted molar refractivity (Wildman–Crippen MR) is 62.1 cm³/mol. The molecular formula is C9H15BrN2S. The number of nitrogens with zero attached hydrogens (tertiary/aromatic N) is 1. The fraction of sp³-hybridized carbons (Fsp3) is 0.556. The highest BCUT2D eigenvalue weighted by atomic mass is 79.9. The molecule has 0 bridgehead atoms. The first-order valence-corrected chi connectivity index (χ1v) is 5.91. The van der Waals surface area contributed by atoms with Crippen molar-refractivity contribution < 1.29 is 0 Å². The zero-order chi connectivity index (χ0) is 9.84. The standard InChI is InChI=1S/C9H15BrN2S/c1-7(12(2)6-5-11)8-3-4-9(10)13-8/h3-4,7H,5-6,11H2,1-2H3. The Morgan fingerprint density at radius 3 is 2.77 bits per heavy atom. The minimum atomic E-state index is 0.458.